The van der Waals surface area contributed by atoms with Gasteiger partial charge in [-0.3, -0.25) is 19.3 Å². The van der Waals surface area contributed by atoms with E-state index in [1.165, 1.54) is 0 Å². The number of hydrogen-bond donors (Lipinski definition) is 6. The second-order valence-electron chi connectivity index (χ2n) is 16.3. The third-order valence-electron chi connectivity index (χ3n) is 12.6. The van der Waals surface area contributed by atoms with Gasteiger partial charge in [-0.15, -0.1) is 0 Å². The highest BCUT2D eigenvalue weighted by atomic mass is 16.5. The topological polar surface area (TPSA) is 160 Å². The summed E-state index contributed by atoms with van der Waals surface area (Å²) in [7, 11) is 0. The lowest BCUT2D eigenvalue weighted by molar-refractivity contribution is -0.144. The van der Waals surface area contributed by atoms with E-state index in [1.807, 2.05) is 48.5 Å². The highest BCUT2D eigenvalue weighted by molar-refractivity contribution is 5.72. The molecule has 0 spiro atoms. The lowest BCUT2D eigenvalue weighted by atomic mass is 9.85. The molecule has 0 saturated carbocycles. The SMILES string of the molecule is O=C(O)[C@@H](Cc1cccc(CN2C[C@H](Oc3cccc(C[C@H](C(=O)O)[C@H]4CCNC4)c3)C[C@H]2c2cccc(C[C@H](C(=O)O)[C@H]3CCNC3)c2)c1)[C@H]1CCNC1. The van der Waals surface area contributed by atoms with Crippen LogP contribution in [0.3, 0.4) is 0 Å². The van der Waals surface area contributed by atoms with Gasteiger partial charge < -0.3 is 36.0 Å². The molecule has 6 N–H and O–H groups in total. The number of aliphatic carboxylic acids is 3. The number of rotatable bonds is 17. The second-order valence-corrected chi connectivity index (χ2v) is 16.3. The van der Waals surface area contributed by atoms with Crippen LogP contribution in [0.5, 0.6) is 5.75 Å². The summed E-state index contributed by atoms with van der Waals surface area (Å²) in [6.07, 6.45) is 4.62. The number of benzene rings is 3. The number of carboxylic acids is 3. The van der Waals surface area contributed by atoms with Gasteiger partial charge in [0.25, 0.3) is 0 Å². The third kappa shape index (κ3) is 9.94. The van der Waals surface area contributed by atoms with Crippen molar-refractivity contribution in [2.45, 2.75) is 63.6 Å². The molecule has 294 valence electrons. The fraction of sp³-hybridized carbons (Fsp3) is 0.523. The van der Waals surface area contributed by atoms with E-state index in [2.05, 4.69) is 45.1 Å². The Morgan fingerprint density at radius 2 is 1.11 bits per heavy atom. The monoisotopic (exact) mass is 752 g/mol. The van der Waals surface area contributed by atoms with Gasteiger partial charge in [-0.05, 0) is 135 Å². The summed E-state index contributed by atoms with van der Waals surface area (Å²) >= 11 is 0. The molecule has 4 aliphatic rings. The Morgan fingerprint density at radius 3 is 1.62 bits per heavy atom. The second kappa shape index (κ2) is 18.1. The molecule has 4 heterocycles. The molecule has 0 unspecified atom stereocenters. The summed E-state index contributed by atoms with van der Waals surface area (Å²) in [6.45, 7) is 6.05. The van der Waals surface area contributed by atoms with E-state index in [9.17, 15) is 29.7 Å². The van der Waals surface area contributed by atoms with Crippen LogP contribution in [0.15, 0.2) is 72.8 Å². The molecule has 11 nitrogen and oxygen atoms in total. The summed E-state index contributed by atoms with van der Waals surface area (Å²) in [6, 6.07) is 24.6. The smallest absolute Gasteiger partial charge is 0.307 e. The molecule has 3 aromatic rings. The van der Waals surface area contributed by atoms with E-state index in [-0.39, 0.29) is 29.9 Å². The summed E-state index contributed by atoms with van der Waals surface area (Å²) in [5, 5.41) is 40.2. The van der Waals surface area contributed by atoms with E-state index in [0.29, 0.717) is 32.4 Å². The molecule has 7 rings (SSSR count). The number of likely N-dealkylation sites (tertiary alicyclic amines) is 1. The zero-order valence-corrected chi connectivity index (χ0v) is 31.6. The predicted octanol–water partition coefficient (Wildman–Crippen LogP) is 4.64. The van der Waals surface area contributed by atoms with E-state index in [1.54, 1.807) is 0 Å². The largest absolute Gasteiger partial charge is 0.489 e. The van der Waals surface area contributed by atoms with Crippen LogP contribution >= 0.6 is 0 Å². The van der Waals surface area contributed by atoms with E-state index >= 15 is 0 Å². The molecule has 4 aliphatic heterocycles. The van der Waals surface area contributed by atoms with Crippen LogP contribution in [0.2, 0.25) is 0 Å². The Morgan fingerprint density at radius 1 is 0.636 bits per heavy atom. The molecule has 55 heavy (non-hydrogen) atoms. The maximum absolute atomic E-state index is 12.4. The summed E-state index contributed by atoms with van der Waals surface area (Å²) in [4.78, 5) is 39.3. The number of nitrogens with one attached hydrogen (secondary N) is 3. The molecule has 0 aromatic heterocycles. The van der Waals surface area contributed by atoms with Crippen LogP contribution in [-0.4, -0.2) is 90.0 Å². The highest BCUT2D eigenvalue weighted by Gasteiger charge is 2.37. The Balaban J connectivity index is 1.11. The van der Waals surface area contributed by atoms with Crippen molar-refractivity contribution < 1.29 is 34.4 Å². The van der Waals surface area contributed by atoms with Crippen LogP contribution in [0, 0.1) is 35.5 Å². The van der Waals surface area contributed by atoms with Gasteiger partial charge in [-0.1, -0.05) is 60.7 Å². The molecule has 0 bridgehead atoms. The van der Waals surface area contributed by atoms with Gasteiger partial charge in [0.1, 0.15) is 11.9 Å². The molecule has 4 fully saturated rings. The van der Waals surface area contributed by atoms with E-state index < -0.39 is 35.7 Å². The first-order valence-corrected chi connectivity index (χ1v) is 20.2. The lowest BCUT2D eigenvalue weighted by Gasteiger charge is -2.26. The van der Waals surface area contributed by atoms with Gasteiger partial charge in [-0.25, -0.2) is 0 Å². The highest BCUT2D eigenvalue weighted by Crippen LogP contribution is 2.37. The maximum Gasteiger partial charge on any atom is 0.307 e. The third-order valence-corrected chi connectivity index (χ3v) is 12.6. The number of nitrogens with zero attached hydrogens (tertiary/aromatic N) is 1. The van der Waals surface area contributed by atoms with Crippen molar-refractivity contribution in [1.82, 2.24) is 20.9 Å². The van der Waals surface area contributed by atoms with Crippen molar-refractivity contribution in [3.63, 3.8) is 0 Å². The molecule has 0 amide bonds. The molecule has 3 aromatic carbocycles. The van der Waals surface area contributed by atoms with Crippen molar-refractivity contribution in [2.24, 2.45) is 35.5 Å². The Bertz CT molecular complexity index is 1780. The summed E-state index contributed by atoms with van der Waals surface area (Å²) in [5.74, 6) is -2.53. The Labute approximate surface area is 323 Å². The van der Waals surface area contributed by atoms with E-state index in [0.717, 1.165) is 98.5 Å². The van der Waals surface area contributed by atoms with Gasteiger partial charge in [0.2, 0.25) is 0 Å². The van der Waals surface area contributed by atoms with Gasteiger partial charge in [0.05, 0.1) is 17.8 Å². The normalized spacial score (nSPS) is 25.8. The van der Waals surface area contributed by atoms with Gasteiger partial charge >= 0.3 is 17.9 Å². The molecule has 8 atom stereocenters. The van der Waals surface area contributed by atoms with Gasteiger partial charge in [0.15, 0.2) is 0 Å². The summed E-state index contributed by atoms with van der Waals surface area (Å²) < 4.78 is 6.70. The molecule has 0 radical (unpaired) electrons. The average molecular weight is 753 g/mol. The zero-order chi connectivity index (χ0) is 38.3. The lowest BCUT2D eigenvalue weighted by Crippen LogP contribution is -2.28. The maximum atomic E-state index is 12.4. The van der Waals surface area contributed by atoms with Crippen LogP contribution in [0.1, 0.15) is 59.5 Å². The first-order chi connectivity index (χ1) is 26.7. The van der Waals surface area contributed by atoms with Crippen LogP contribution in [0.4, 0.5) is 0 Å². The number of ether oxygens (including phenoxy) is 1. The Kier molecular flexibility index (Phi) is 12.8. The van der Waals surface area contributed by atoms with Crippen LogP contribution in [-0.2, 0) is 40.2 Å². The molecular weight excluding hydrogens is 697 g/mol. The van der Waals surface area contributed by atoms with Crippen molar-refractivity contribution >= 4 is 17.9 Å². The van der Waals surface area contributed by atoms with Gasteiger partial charge in [-0.2, -0.15) is 0 Å². The standard InChI is InChI=1S/C44H56N4O7/c49-42(50)38(33-10-13-45-23-33)19-28-4-1-7-31(16-28)26-48-27-37(55-36-9-3-6-30(18-36)21-40(44(53)54)35-12-15-47-25-35)22-41(48)32-8-2-5-29(17-32)20-39(43(51)52)34-11-14-46-24-34/h1-9,16-18,33-35,37-41,45-47H,10-15,19-27H2,(H,49,50)(H,51,52)(H,53,54)/t33-,34-,35-,37+,38-,39-,40-,41-/m0/s1. The van der Waals surface area contributed by atoms with Crippen LogP contribution in [0.25, 0.3) is 0 Å². The summed E-state index contributed by atoms with van der Waals surface area (Å²) in [5.41, 5.74) is 5.22. The van der Waals surface area contributed by atoms with Gasteiger partial charge in [0, 0.05) is 25.6 Å². The molecule has 0 aliphatic carbocycles. The zero-order valence-electron chi connectivity index (χ0n) is 31.6. The van der Waals surface area contributed by atoms with Crippen molar-refractivity contribution in [3.05, 3.63) is 101 Å². The minimum Gasteiger partial charge on any atom is -0.489 e. The fourth-order valence-electron chi connectivity index (χ4n) is 9.61. The number of hydrogen-bond acceptors (Lipinski definition) is 8. The molecule has 4 saturated heterocycles. The van der Waals surface area contributed by atoms with E-state index in [4.69, 9.17) is 4.74 Å². The first kappa shape index (κ1) is 39.0. The molecule has 11 heteroatoms. The number of carboxylic acid groups (broad SMARTS) is 3. The van der Waals surface area contributed by atoms with Crippen molar-refractivity contribution in [2.75, 3.05) is 45.8 Å². The van der Waals surface area contributed by atoms with Crippen molar-refractivity contribution in [1.29, 1.82) is 0 Å². The van der Waals surface area contributed by atoms with Crippen LogP contribution < -0.4 is 20.7 Å². The fourth-order valence-corrected chi connectivity index (χ4v) is 9.61. The average Bonchev–Trinajstić information content (AvgIpc) is 4.02. The minimum absolute atomic E-state index is 0.0100. The quantitative estimate of drug-likeness (QED) is 0.114. The predicted molar refractivity (Wildman–Crippen MR) is 209 cm³/mol. The first-order valence-electron chi connectivity index (χ1n) is 20.2. The number of carbonyl (C=O) groups is 3. The Hall–Kier alpha value is -4.29. The van der Waals surface area contributed by atoms with Crippen molar-refractivity contribution in [3.8, 4) is 5.75 Å². The minimum atomic E-state index is -0.760. The molecular formula is C44H56N4O7.